The minimum atomic E-state index is -4.52. The van der Waals surface area contributed by atoms with Crippen LogP contribution in [0, 0.1) is 11.3 Å². The van der Waals surface area contributed by atoms with Crippen LogP contribution in [0.3, 0.4) is 0 Å². The van der Waals surface area contributed by atoms with E-state index in [4.69, 9.17) is 21.1 Å². The molecule has 0 spiro atoms. The molecule has 1 unspecified atom stereocenters. The molecule has 2 amide bonds. The van der Waals surface area contributed by atoms with Gasteiger partial charge in [0.05, 0.1) is 29.3 Å². The van der Waals surface area contributed by atoms with E-state index in [2.05, 4.69) is 5.32 Å². The SMILES string of the molecule is COc1ccc(CNC(C)C)cc1C1(N2CCC[C@@H]2OC(=O)N(C)C)C(=O)N(S(=O)(=O)c2ccc(C#N)cc2)c2ccc(Cl)cc21. The van der Waals surface area contributed by atoms with Gasteiger partial charge in [0.25, 0.3) is 15.9 Å². The second kappa shape index (κ2) is 12.9. The molecule has 2 heterocycles. The molecule has 0 saturated carbocycles. The average Bonchev–Trinajstić information content (AvgIpc) is 3.59. The molecule has 3 aromatic rings. The van der Waals surface area contributed by atoms with Gasteiger partial charge in [-0.15, -0.1) is 0 Å². The maximum atomic E-state index is 15.3. The fraction of sp³-hybridized carbons (Fsp3) is 0.364. The summed E-state index contributed by atoms with van der Waals surface area (Å²) >= 11 is 6.59. The van der Waals surface area contributed by atoms with Crippen LogP contribution in [0.15, 0.2) is 65.6 Å². The Bertz CT molecular complexity index is 1810. The molecule has 2 atom stereocenters. The standard InChI is InChI=1S/C33H36ClN5O6S/c1-21(2)36-20-23-10-15-29(44-5)27(17-23)33(38-16-6-7-30(38)45-32(41)37(3)4)26-18-24(34)11-14-28(26)39(31(33)40)46(42,43)25-12-8-22(19-35)9-13-25/h8-15,17-18,21,30,36H,6-7,16,20H2,1-5H3/t30-,33?/m0/s1. The minimum absolute atomic E-state index is 0.108. The molecule has 0 bridgehead atoms. The van der Waals surface area contributed by atoms with Crippen LogP contribution in [0.1, 0.15) is 48.9 Å². The number of likely N-dealkylation sites (tertiary alicyclic amines) is 1. The molecule has 46 heavy (non-hydrogen) atoms. The van der Waals surface area contributed by atoms with Crippen molar-refractivity contribution in [1.29, 1.82) is 5.26 Å². The number of nitriles is 1. The van der Waals surface area contributed by atoms with Crippen molar-refractivity contribution in [1.82, 2.24) is 15.1 Å². The molecule has 2 aliphatic rings. The summed E-state index contributed by atoms with van der Waals surface area (Å²) in [6.45, 7) is 4.80. The van der Waals surface area contributed by atoms with Crippen LogP contribution in [-0.2, 0) is 31.6 Å². The Morgan fingerprint density at radius 2 is 1.85 bits per heavy atom. The summed E-state index contributed by atoms with van der Waals surface area (Å²) in [6.07, 6.45) is -0.516. The number of hydrogen-bond acceptors (Lipinski definition) is 9. The van der Waals surface area contributed by atoms with Gasteiger partial charge in [0, 0.05) is 49.4 Å². The number of fused-ring (bicyclic) bond motifs is 1. The number of nitrogens with zero attached hydrogens (tertiary/aromatic N) is 4. The quantitative estimate of drug-likeness (QED) is 0.342. The molecule has 11 nitrogen and oxygen atoms in total. The van der Waals surface area contributed by atoms with Crippen molar-refractivity contribution in [3.63, 3.8) is 0 Å². The molecule has 242 valence electrons. The highest BCUT2D eigenvalue weighted by Crippen LogP contribution is 2.55. The molecule has 0 aromatic heterocycles. The highest BCUT2D eigenvalue weighted by atomic mass is 35.5. The van der Waals surface area contributed by atoms with Gasteiger partial charge in [0.1, 0.15) is 5.75 Å². The van der Waals surface area contributed by atoms with Gasteiger partial charge < -0.3 is 19.7 Å². The smallest absolute Gasteiger partial charge is 0.410 e. The summed E-state index contributed by atoms with van der Waals surface area (Å²) in [5, 5.41) is 13.0. The van der Waals surface area contributed by atoms with Crippen molar-refractivity contribution in [2.45, 2.75) is 55.9 Å². The fourth-order valence-corrected chi connectivity index (χ4v) is 7.65. The molecule has 1 N–H and O–H groups in total. The van der Waals surface area contributed by atoms with Crippen molar-refractivity contribution < 1.29 is 27.5 Å². The molecular weight excluding hydrogens is 630 g/mol. The summed E-state index contributed by atoms with van der Waals surface area (Å²) in [4.78, 5) is 31.1. The van der Waals surface area contributed by atoms with Gasteiger partial charge in [-0.2, -0.15) is 5.26 Å². The highest BCUT2D eigenvalue weighted by molar-refractivity contribution is 7.93. The fourth-order valence-electron chi connectivity index (χ4n) is 6.02. The normalized spacial score (nSPS) is 19.7. The molecule has 1 saturated heterocycles. The molecular formula is C33H36ClN5O6S. The lowest BCUT2D eigenvalue weighted by atomic mass is 9.80. The second-order valence-corrected chi connectivity index (χ2v) is 13.9. The van der Waals surface area contributed by atoms with E-state index in [0.717, 1.165) is 9.87 Å². The Balaban J connectivity index is 1.82. The maximum absolute atomic E-state index is 15.3. The molecule has 13 heteroatoms. The lowest BCUT2D eigenvalue weighted by Crippen LogP contribution is -2.57. The van der Waals surface area contributed by atoms with Gasteiger partial charge in [-0.3, -0.25) is 4.79 Å². The first-order chi connectivity index (χ1) is 21.9. The molecule has 0 radical (unpaired) electrons. The van der Waals surface area contributed by atoms with E-state index in [0.29, 0.717) is 42.8 Å². The van der Waals surface area contributed by atoms with Crippen LogP contribution in [0.4, 0.5) is 10.5 Å². The van der Waals surface area contributed by atoms with Crippen molar-refractivity contribution in [2.75, 3.05) is 32.1 Å². The van der Waals surface area contributed by atoms with E-state index in [1.54, 1.807) is 31.1 Å². The Hall–Kier alpha value is -4.15. The minimum Gasteiger partial charge on any atom is -0.496 e. The Kier molecular flexibility index (Phi) is 9.33. The zero-order valence-corrected chi connectivity index (χ0v) is 27.9. The summed E-state index contributed by atoms with van der Waals surface area (Å²) in [5.74, 6) is -0.455. The number of rotatable bonds is 9. The Morgan fingerprint density at radius 1 is 1.13 bits per heavy atom. The van der Waals surface area contributed by atoms with E-state index in [1.807, 2.05) is 32.0 Å². The van der Waals surface area contributed by atoms with Gasteiger partial charge in [-0.1, -0.05) is 31.5 Å². The molecule has 1 fully saturated rings. The third-order valence-corrected chi connectivity index (χ3v) is 10.1. The number of anilines is 1. The predicted octanol–water partition coefficient (Wildman–Crippen LogP) is 4.82. The monoisotopic (exact) mass is 665 g/mol. The first kappa shape index (κ1) is 33.2. The summed E-state index contributed by atoms with van der Waals surface area (Å²) < 4.78 is 41.4. The lowest BCUT2D eigenvalue weighted by Gasteiger charge is -2.41. The Labute approximate surface area is 274 Å². The third-order valence-electron chi connectivity index (χ3n) is 8.18. The molecule has 0 aliphatic carbocycles. The van der Waals surface area contributed by atoms with Gasteiger partial charge in [-0.05, 0) is 73.0 Å². The topological polar surface area (TPSA) is 132 Å². The number of benzene rings is 3. The Morgan fingerprint density at radius 3 is 2.48 bits per heavy atom. The second-order valence-electron chi connectivity index (χ2n) is 11.7. The number of carbonyl (C=O) groups excluding carboxylic acids is 2. The van der Waals surface area contributed by atoms with Gasteiger partial charge >= 0.3 is 6.09 Å². The van der Waals surface area contributed by atoms with Crippen LogP contribution in [0.2, 0.25) is 5.02 Å². The first-order valence-corrected chi connectivity index (χ1v) is 16.6. The van der Waals surface area contributed by atoms with Crippen LogP contribution >= 0.6 is 11.6 Å². The van der Waals surface area contributed by atoms with E-state index in [9.17, 15) is 18.5 Å². The summed E-state index contributed by atoms with van der Waals surface area (Å²) in [6, 6.07) is 17.6. The van der Waals surface area contributed by atoms with Crippen molar-refractivity contribution >= 4 is 39.3 Å². The zero-order chi connectivity index (χ0) is 33.4. The number of amides is 2. The van der Waals surface area contributed by atoms with E-state index in [1.165, 1.54) is 48.4 Å². The predicted molar refractivity (Wildman–Crippen MR) is 173 cm³/mol. The van der Waals surface area contributed by atoms with Crippen LogP contribution in [-0.4, -0.2) is 70.2 Å². The van der Waals surface area contributed by atoms with Crippen LogP contribution < -0.4 is 14.4 Å². The van der Waals surface area contributed by atoms with Gasteiger partial charge in [0.15, 0.2) is 11.8 Å². The van der Waals surface area contributed by atoms with E-state index >= 15 is 4.79 Å². The number of methoxy groups -OCH3 is 1. The van der Waals surface area contributed by atoms with Crippen molar-refractivity contribution in [3.8, 4) is 11.8 Å². The number of halogens is 1. The summed E-state index contributed by atoms with van der Waals surface area (Å²) in [7, 11) is 0.0901. The largest absolute Gasteiger partial charge is 0.496 e. The number of sulfonamides is 1. The highest BCUT2D eigenvalue weighted by Gasteiger charge is 2.63. The van der Waals surface area contributed by atoms with Crippen molar-refractivity contribution in [2.24, 2.45) is 0 Å². The number of nitrogens with one attached hydrogen (secondary N) is 1. The van der Waals surface area contributed by atoms with E-state index in [-0.39, 0.29) is 27.2 Å². The lowest BCUT2D eigenvalue weighted by molar-refractivity contribution is -0.132. The van der Waals surface area contributed by atoms with Crippen molar-refractivity contribution in [3.05, 3.63) is 87.9 Å². The molecule has 2 aliphatic heterocycles. The third kappa shape index (κ3) is 5.69. The molecule has 3 aromatic carbocycles. The maximum Gasteiger partial charge on any atom is 0.410 e. The van der Waals surface area contributed by atoms with Gasteiger partial charge in [-0.25, -0.2) is 22.4 Å². The average molecular weight is 666 g/mol. The first-order valence-electron chi connectivity index (χ1n) is 14.8. The summed E-state index contributed by atoms with van der Waals surface area (Å²) in [5.41, 5.74) is 0.0738. The van der Waals surface area contributed by atoms with E-state index < -0.39 is 33.8 Å². The number of hydrogen-bond donors (Lipinski definition) is 1. The molecule has 5 rings (SSSR count). The van der Waals surface area contributed by atoms with Gasteiger partial charge in [0.2, 0.25) is 0 Å². The van der Waals surface area contributed by atoms with Crippen LogP contribution in [0.5, 0.6) is 5.75 Å². The number of ether oxygens (including phenoxy) is 2. The van der Waals surface area contributed by atoms with Crippen LogP contribution in [0.25, 0.3) is 0 Å². The number of carbonyl (C=O) groups is 2. The zero-order valence-electron chi connectivity index (χ0n) is 26.3.